The van der Waals surface area contributed by atoms with Crippen LogP contribution in [0.25, 0.3) is 0 Å². The summed E-state index contributed by atoms with van der Waals surface area (Å²) in [7, 11) is 1.92. The van der Waals surface area contributed by atoms with Crippen LogP contribution in [0.15, 0.2) is 6.07 Å². The molecule has 1 aliphatic rings. The first-order valence-corrected chi connectivity index (χ1v) is 8.81. The van der Waals surface area contributed by atoms with Gasteiger partial charge in [-0.05, 0) is 45.2 Å². The van der Waals surface area contributed by atoms with Crippen LogP contribution in [0.2, 0.25) is 0 Å². The number of H-pyrrole nitrogens is 1. The van der Waals surface area contributed by atoms with Crippen molar-refractivity contribution in [3.8, 4) is 0 Å². The van der Waals surface area contributed by atoms with Crippen LogP contribution < -0.4 is 0 Å². The Morgan fingerprint density at radius 3 is 2.72 bits per heavy atom. The molecule has 0 aliphatic carbocycles. The number of carbonyl (C=O) groups is 1. The minimum absolute atomic E-state index is 0.0496. The number of nitrogens with zero attached hydrogens (tertiary/aromatic N) is 4. The number of β-amino-alcohol motifs (C(OH)–C–C–N with tert-alkyl or cyclic N) is 1. The molecule has 1 fully saturated rings. The van der Waals surface area contributed by atoms with Crippen molar-refractivity contribution in [2.24, 2.45) is 13.0 Å². The third-order valence-electron chi connectivity index (χ3n) is 5.24. The zero-order chi connectivity index (χ0) is 18.1. The van der Waals surface area contributed by atoms with Gasteiger partial charge >= 0.3 is 0 Å². The summed E-state index contributed by atoms with van der Waals surface area (Å²) in [5.41, 5.74) is 5.20. The smallest absolute Gasteiger partial charge is 0.223 e. The molecule has 2 atom stereocenters. The summed E-state index contributed by atoms with van der Waals surface area (Å²) >= 11 is 0. The number of aromatic amines is 1. The molecule has 0 aromatic carbocycles. The van der Waals surface area contributed by atoms with Crippen LogP contribution in [0.1, 0.15) is 34.8 Å². The summed E-state index contributed by atoms with van der Waals surface area (Å²) in [5, 5.41) is 21.9. The van der Waals surface area contributed by atoms with Gasteiger partial charge in [0.25, 0.3) is 0 Å². The number of aryl methyl sites for hydroxylation is 3. The van der Waals surface area contributed by atoms with E-state index in [4.69, 9.17) is 0 Å². The summed E-state index contributed by atoms with van der Waals surface area (Å²) in [4.78, 5) is 14.3. The van der Waals surface area contributed by atoms with E-state index in [9.17, 15) is 9.90 Å². The van der Waals surface area contributed by atoms with E-state index in [1.54, 1.807) is 4.90 Å². The largest absolute Gasteiger partial charge is 0.391 e. The molecule has 2 N–H and O–H groups in total. The third-order valence-corrected chi connectivity index (χ3v) is 5.24. The number of likely N-dealkylation sites (tertiary alicyclic amines) is 1. The fourth-order valence-corrected chi connectivity index (χ4v) is 3.68. The number of aromatic nitrogens is 4. The van der Waals surface area contributed by atoms with Gasteiger partial charge in [0, 0.05) is 43.9 Å². The number of hydrogen-bond acceptors (Lipinski definition) is 4. The van der Waals surface area contributed by atoms with Gasteiger partial charge in [-0.1, -0.05) is 0 Å². The predicted octanol–water partition coefficient (Wildman–Crippen LogP) is 1.06. The highest BCUT2D eigenvalue weighted by atomic mass is 16.3. The molecule has 1 aliphatic heterocycles. The second-order valence-corrected chi connectivity index (χ2v) is 7.15. The van der Waals surface area contributed by atoms with Gasteiger partial charge in [-0.2, -0.15) is 10.2 Å². The van der Waals surface area contributed by atoms with Crippen molar-refractivity contribution < 1.29 is 9.90 Å². The average molecular weight is 345 g/mol. The van der Waals surface area contributed by atoms with Gasteiger partial charge in [0.15, 0.2) is 0 Å². The highest BCUT2D eigenvalue weighted by Gasteiger charge is 2.34. The molecule has 0 bridgehead atoms. The second-order valence-electron chi connectivity index (χ2n) is 7.15. The molecular formula is C18H27N5O2. The van der Waals surface area contributed by atoms with E-state index in [2.05, 4.69) is 15.3 Å². The maximum Gasteiger partial charge on any atom is 0.223 e. The zero-order valence-corrected chi connectivity index (χ0v) is 15.4. The first kappa shape index (κ1) is 17.7. The number of aliphatic hydroxyl groups is 1. The minimum atomic E-state index is -0.483. The van der Waals surface area contributed by atoms with Crippen molar-refractivity contribution in [3.63, 3.8) is 0 Å². The lowest BCUT2D eigenvalue weighted by Gasteiger charge is -2.16. The Labute approximate surface area is 148 Å². The molecule has 0 radical (unpaired) electrons. The van der Waals surface area contributed by atoms with Crippen LogP contribution in [-0.2, 0) is 24.7 Å². The SMILES string of the molecule is Cc1cc(C[C@@H]2CN(C(=O)CCc3c(C)nn(C)c3C)C[C@@H]2O)n[nH]1. The van der Waals surface area contributed by atoms with Gasteiger partial charge in [0.05, 0.1) is 17.5 Å². The quantitative estimate of drug-likeness (QED) is 0.848. The maximum absolute atomic E-state index is 12.6. The van der Waals surface area contributed by atoms with Crippen LogP contribution in [-0.4, -0.2) is 55.1 Å². The van der Waals surface area contributed by atoms with Crippen LogP contribution in [0.5, 0.6) is 0 Å². The Morgan fingerprint density at radius 1 is 1.36 bits per heavy atom. The first-order valence-electron chi connectivity index (χ1n) is 8.81. The molecule has 0 saturated carbocycles. The fourth-order valence-electron chi connectivity index (χ4n) is 3.68. The van der Waals surface area contributed by atoms with E-state index in [-0.39, 0.29) is 11.8 Å². The van der Waals surface area contributed by atoms with Crippen molar-refractivity contribution in [2.75, 3.05) is 13.1 Å². The maximum atomic E-state index is 12.6. The third kappa shape index (κ3) is 3.76. The highest BCUT2D eigenvalue weighted by Crippen LogP contribution is 2.23. The summed E-state index contributed by atoms with van der Waals surface area (Å²) in [5.74, 6) is 0.149. The average Bonchev–Trinajstić information content (AvgIpc) is 3.19. The van der Waals surface area contributed by atoms with Crippen LogP contribution in [0.4, 0.5) is 0 Å². The van der Waals surface area contributed by atoms with Gasteiger partial charge in [-0.25, -0.2) is 0 Å². The minimum Gasteiger partial charge on any atom is -0.391 e. The molecule has 2 aromatic heterocycles. The number of carbonyl (C=O) groups excluding carboxylic acids is 1. The zero-order valence-electron chi connectivity index (χ0n) is 15.4. The number of rotatable bonds is 5. The molecule has 7 heteroatoms. The molecule has 3 heterocycles. The molecule has 0 unspecified atom stereocenters. The van der Waals surface area contributed by atoms with E-state index in [1.807, 2.05) is 38.6 Å². The van der Waals surface area contributed by atoms with E-state index in [0.29, 0.717) is 32.4 Å². The summed E-state index contributed by atoms with van der Waals surface area (Å²) in [6.07, 6.45) is 1.35. The Bertz CT molecular complexity index is 764. The number of amides is 1. The standard InChI is InChI=1S/C18H27N5O2/c1-11-7-15(20-19-11)8-14-9-23(10-17(14)24)18(25)6-5-16-12(2)21-22(4)13(16)3/h7,14,17,24H,5-6,8-10H2,1-4H3,(H,19,20)/t14-,17+/m1/s1. The summed E-state index contributed by atoms with van der Waals surface area (Å²) in [6, 6.07) is 1.99. The molecule has 1 amide bonds. The van der Waals surface area contributed by atoms with E-state index in [0.717, 1.165) is 28.3 Å². The van der Waals surface area contributed by atoms with Crippen molar-refractivity contribution >= 4 is 5.91 Å². The number of hydrogen-bond donors (Lipinski definition) is 2. The van der Waals surface area contributed by atoms with E-state index >= 15 is 0 Å². The van der Waals surface area contributed by atoms with E-state index < -0.39 is 6.10 Å². The van der Waals surface area contributed by atoms with Crippen LogP contribution in [0, 0.1) is 26.7 Å². The van der Waals surface area contributed by atoms with Gasteiger partial charge in [-0.15, -0.1) is 0 Å². The summed E-state index contributed by atoms with van der Waals surface area (Å²) in [6.45, 7) is 6.98. The number of aliphatic hydroxyl groups excluding tert-OH is 1. The molecule has 25 heavy (non-hydrogen) atoms. The Morgan fingerprint density at radius 2 is 2.12 bits per heavy atom. The Kier molecular flexibility index (Phi) is 4.94. The monoisotopic (exact) mass is 345 g/mol. The lowest BCUT2D eigenvalue weighted by molar-refractivity contribution is -0.130. The number of nitrogens with one attached hydrogen (secondary N) is 1. The van der Waals surface area contributed by atoms with Gasteiger partial charge < -0.3 is 10.0 Å². The molecule has 136 valence electrons. The van der Waals surface area contributed by atoms with Gasteiger partial charge in [0.2, 0.25) is 5.91 Å². The first-order chi connectivity index (χ1) is 11.8. The molecule has 2 aromatic rings. The molecule has 7 nitrogen and oxygen atoms in total. The highest BCUT2D eigenvalue weighted by molar-refractivity contribution is 5.77. The van der Waals surface area contributed by atoms with Crippen molar-refractivity contribution in [1.29, 1.82) is 0 Å². The topological polar surface area (TPSA) is 87.0 Å². The van der Waals surface area contributed by atoms with Crippen molar-refractivity contribution in [3.05, 3.63) is 34.4 Å². The van der Waals surface area contributed by atoms with Crippen LogP contribution in [0.3, 0.4) is 0 Å². The molecule has 1 saturated heterocycles. The second kappa shape index (κ2) is 7.00. The lowest BCUT2D eigenvalue weighted by Crippen LogP contribution is -2.29. The van der Waals surface area contributed by atoms with Gasteiger partial charge in [0.1, 0.15) is 0 Å². The van der Waals surface area contributed by atoms with Gasteiger partial charge in [-0.3, -0.25) is 14.6 Å². The fraction of sp³-hybridized carbons (Fsp3) is 0.611. The predicted molar refractivity (Wildman–Crippen MR) is 94.1 cm³/mol. The normalized spacial score (nSPS) is 20.4. The summed E-state index contributed by atoms with van der Waals surface area (Å²) < 4.78 is 1.86. The van der Waals surface area contributed by atoms with E-state index in [1.165, 1.54) is 0 Å². The Hall–Kier alpha value is -2.15. The van der Waals surface area contributed by atoms with Crippen molar-refractivity contribution in [2.45, 2.75) is 46.1 Å². The molecular weight excluding hydrogens is 318 g/mol. The van der Waals surface area contributed by atoms with Crippen LogP contribution >= 0.6 is 0 Å². The molecule has 3 rings (SSSR count). The Balaban J connectivity index is 1.56. The lowest BCUT2D eigenvalue weighted by atomic mass is 10.00. The molecule has 0 spiro atoms. The van der Waals surface area contributed by atoms with Crippen molar-refractivity contribution in [1.82, 2.24) is 24.9 Å².